The van der Waals surface area contributed by atoms with Gasteiger partial charge in [-0.05, 0) is 101 Å². The van der Waals surface area contributed by atoms with Gasteiger partial charge in [-0.25, -0.2) is 4.79 Å². The van der Waals surface area contributed by atoms with Gasteiger partial charge in [0.15, 0.2) is 11.5 Å². The number of rotatable bonds is 5. The number of guanidine groups is 1. The zero-order valence-corrected chi connectivity index (χ0v) is 25.0. The van der Waals surface area contributed by atoms with E-state index in [2.05, 4.69) is 50.2 Å². The number of hydrazine groups is 1. The lowest BCUT2D eigenvalue weighted by atomic mass is 9.88. The number of anilines is 1. The van der Waals surface area contributed by atoms with Crippen LogP contribution in [0, 0.1) is 0 Å². The van der Waals surface area contributed by atoms with Crippen LogP contribution in [0.25, 0.3) is 0 Å². The van der Waals surface area contributed by atoms with Gasteiger partial charge >= 0.3 is 6.03 Å². The monoisotopic (exact) mass is 579 g/mol. The molecular formula is C31H49N9O2. The molecule has 0 aromatic heterocycles. The van der Waals surface area contributed by atoms with E-state index in [-0.39, 0.29) is 11.7 Å². The Morgan fingerprint density at radius 1 is 0.762 bits per heavy atom. The number of likely N-dealkylation sites (tertiary alicyclic amines) is 3. The Morgan fingerprint density at radius 3 is 1.95 bits per heavy atom. The molecule has 0 atom stereocenters. The molecule has 3 saturated heterocycles. The van der Waals surface area contributed by atoms with Crippen LogP contribution in [0.3, 0.4) is 0 Å². The van der Waals surface area contributed by atoms with Gasteiger partial charge in [0.1, 0.15) is 0 Å². The van der Waals surface area contributed by atoms with Crippen LogP contribution in [0.2, 0.25) is 0 Å². The van der Waals surface area contributed by atoms with Crippen LogP contribution in [0.5, 0.6) is 0 Å². The predicted octanol–water partition coefficient (Wildman–Crippen LogP) is 3.38. The minimum Gasteiger partial charge on any atom is -0.364 e. The molecule has 230 valence electrons. The average Bonchev–Trinajstić information content (AvgIpc) is 3.58. The molecule has 4 heterocycles. The van der Waals surface area contributed by atoms with E-state index in [1.54, 1.807) is 4.90 Å². The van der Waals surface area contributed by atoms with Crippen molar-refractivity contribution in [1.29, 1.82) is 0 Å². The van der Waals surface area contributed by atoms with Crippen LogP contribution in [-0.2, 0) is 4.79 Å². The molecule has 3 amide bonds. The quantitative estimate of drug-likeness (QED) is 0.360. The van der Waals surface area contributed by atoms with Crippen molar-refractivity contribution < 1.29 is 9.59 Å². The van der Waals surface area contributed by atoms with E-state index in [1.165, 1.54) is 70.0 Å². The second-order valence-corrected chi connectivity index (χ2v) is 12.2. The highest BCUT2D eigenvalue weighted by molar-refractivity contribution is 5.95. The van der Waals surface area contributed by atoms with Gasteiger partial charge in [0.2, 0.25) is 5.96 Å². The highest BCUT2D eigenvalue weighted by Gasteiger charge is 2.28. The summed E-state index contributed by atoms with van der Waals surface area (Å²) in [6, 6.07) is 9.16. The molecule has 1 aromatic carbocycles. The molecule has 11 nitrogen and oxygen atoms in total. The minimum absolute atomic E-state index is 0.249. The molecule has 4 fully saturated rings. The van der Waals surface area contributed by atoms with Crippen LogP contribution < -0.4 is 27.6 Å². The van der Waals surface area contributed by atoms with Crippen molar-refractivity contribution in [3.63, 3.8) is 0 Å². The van der Waals surface area contributed by atoms with E-state index in [0.29, 0.717) is 11.7 Å². The summed E-state index contributed by atoms with van der Waals surface area (Å²) in [5, 5.41) is 3.31. The fourth-order valence-electron chi connectivity index (χ4n) is 6.85. The Kier molecular flexibility index (Phi) is 10.4. The van der Waals surface area contributed by atoms with Crippen molar-refractivity contribution in [3.8, 4) is 0 Å². The first kappa shape index (κ1) is 30.0. The summed E-state index contributed by atoms with van der Waals surface area (Å²) < 4.78 is 0. The number of primary amides is 2. The summed E-state index contributed by atoms with van der Waals surface area (Å²) in [5.41, 5.74) is 19.2. The van der Waals surface area contributed by atoms with Gasteiger partial charge in [0.25, 0.3) is 5.91 Å². The third-order valence-electron chi connectivity index (χ3n) is 9.34. The highest BCUT2D eigenvalue weighted by atomic mass is 16.2. The fourth-order valence-corrected chi connectivity index (χ4v) is 6.85. The van der Waals surface area contributed by atoms with Gasteiger partial charge in [-0.3, -0.25) is 15.6 Å². The Hall–Kier alpha value is -3.47. The van der Waals surface area contributed by atoms with Crippen LogP contribution >= 0.6 is 0 Å². The number of nitrogens with two attached hydrogens (primary N) is 2. The van der Waals surface area contributed by atoms with E-state index in [0.717, 1.165) is 69.6 Å². The van der Waals surface area contributed by atoms with Gasteiger partial charge in [0.05, 0.1) is 0 Å². The van der Waals surface area contributed by atoms with E-state index >= 15 is 0 Å². The SMILES string of the molecule is NC(=O)C1=C(Nc2ccc(C3CCN(C4CCCC4)CC3)cc2)N=C(N2CCCCC2)NN1.NC(=O)N1CCCCC1. The number of benzene rings is 1. The largest absolute Gasteiger partial charge is 0.364 e. The van der Waals surface area contributed by atoms with Crippen LogP contribution in [-0.4, -0.2) is 77.9 Å². The first-order valence-electron chi connectivity index (χ1n) is 16.0. The molecule has 0 unspecified atom stereocenters. The first-order valence-corrected chi connectivity index (χ1v) is 16.0. The predicted molar refractivity (Wildman–Crippen MR) is 166 cm³/mol. The third kappa shape index (κ3) is 7.87. The topological polar surface area (TPSA) is 144 Å². The fraction of sp³-hybridized carbons (Fsp3) is 0.645. The summed E-state index contributed by atoms with van der Waals surface area (Å²) in [4.78, 5) is 33.8. The standard InChI is InChI=1S/C25H37N7O.C6H12N2O/c26-23(33)22-24(28-25(30-29-22)32-14-4-1-5-15-32)27-20-10-8-18(9-11-20)19-12-16-31(17-13-19)21-6-2-3-7-21;7-6(9)8-4-2-1-3-5-8/h8-11,19,21,27,29H,1-7,12-17H2,(H2,26,33)(H,28,30);1-5H2,(H2,7,9). The lowest BCUT2D eigenvalue weighted by Gasteiger charge is -2.36. The highest BCUT2D eigenvalue weighted by Crippen LogP contribution is 2.33. The number of hydrogen-bond donors (Lipinski definition) is 5. The Balaban J connectivity index is 0.000000336. The molecule has 11 heteroatoms. The number of nitrogens with one attached hydrogen (secondary N) is 3. The minimum atomic E-state index is -0.544. The third-order valence-corrected chi connectivity index (χ3v) is 9.34. The molecule has 1 aliphatic carbocycles. The Morgan fingerprint density at radius 2 is 1.38 bits per heavy atom. The lowest BCUT2D eigenvalue weighted by Crippen LogP contribution is -2.53. The molecule has 1 aromatic rings. The molecule has 4 aliphatic heterocycles. The molecule has 6 rings (SSSR count). The zero-order chi connectivity index (χ0) is 29.3. The van der Waals surface area contributed by atoms with Gasteiger partial charge in [0, 0.05) is 37.9 Å². The summed E-state index contributed by atoms with van der Waals surface area (Å²) in [6.45, 7) is 6.07. The number of urea groups is 1. The number of carbonyl (C=O) groups excluding carboxylic acids is 2. The van der Waals surface area contributed by atoms with E-state index in [4.69, 9.17) is 16.5 Å². The number of amides is 3. The van der Waals surface area contributed by atoms with Gasteiger partial charge in [-0.2, -0.15) is 4.99 Å². The maximum Gasteiger partial charge on any atom is 0.314 e. The molecule has 42 heavy (non-hydrogen) atoms. The van der Waals surface area contributed by atoms with Crippen LogP contribution in [0.4, 0.5) is 10.5 Å². The number of piperidine rings is 3. The molecule has 0 bridgehead atoms. The number of hydrogen-bond acceptors (Lipinski definition) is 8. The van der Waals surface area contributed by atoms with Crippen molar-refractivity contribution in [1.82, 2.24) is 25.6 Å². The second kappa shape index (κ2) is 14.6. The van der Waals surface area contributed by atoms with E-state index in [9.17, 15) is 9.59 Å². The number of aliphatic imine (C=N–C) groups is 1. The normalized spacial score (nSPS) is 22.4. The van der Waals surface area contributed by atoms with Crippen molar-refractivity contribution in [2.45, 2.75) is 89.0 Å². The van der Waals surface area contributed by atoms with Crippen molar-refractivity contribution >= 4 is 23.6 Å². The Bertz CT molecular complexity index is 1110. The smallest absolute Gasteiger partial charge is 0.314 e. The van der Waals surface area contributed by atoms with Gasteiger partial charge < -0.3 is 31.5 Å². The molecule has 0 spiro atoms. The summed E-state index contributed by atoms with van der Waals surface area (Å²) >= 11 is 0. The maximum absolute atomic E-state index is 12.0. The lowest BCUT2D eigenvalue weighted by molar-refractivity contribution is -0.115. The van der Waals surface area contributed by atoms with Crippen molar-refractivity contribution in [2.75, 3.05) is 44.6 Å². The summed E-state index contributed by atoms with van der Waals surface area (Å²) in [5.74, 6) is 1.27. The zero-order valence-electron chi connectivity index (χ0n) is 25.0. The van der Waals surface area contributed by atoms with E-state index in [1.807, 2.05) is 0 Å². The van der Waals surface area contributed by atoms with Crippen molar-refractivity contribution in [3.05, 3.63) is 41.3 Å². The Labute approximate surface area is 250 Å². The van der Waals surface area contributed by atoms with Crippen LogP contribution in [0.1, 0.15) is 88.5 Å². The van der Waals surface area contributed by atoms with Crippen molar-refractivity contribution in [2.24, 2.45) is 16.5 Å². The van der Waals surface area contributed by atoms with Crippen LogP contribution in [0.15, 0.2) is 40.8 Å². The second-order valence-electron chi connectivity index (χ2n) is 12.2. The molecule has 0 radical (unpaired) electrons. The number of carbonyl (C=O) groups is 2. The molecule has 5 aliphatic rings. The van der Waals surface area contributed by atoms with E-state index < -0.39 is 5.91 Å². The molecule has 7 N–H and O–H groups in total. The average molecular weight is 580 g/mol. The molecular weight excluding hydrogens is 530 g/mol. The first-order chi connectivity index (χ1) is 20.5. The summed E-state index contributed by atoms with van der Waals surface area (Å²) in [7, 11) is 0. The number of nitrogens with zero attached hydrogens (tertiary/aromatic N) is 4. The van der Waals surface area contributed by atoms with Gasteiger partial charge in [-0.15, -0.1) is 0 Å². The maximum atomic E-state index is 12.0. The van der Waals surface area contributed by atoms with Gasteiger partial charge in [-0.1, -0.05) is 25.0 Å². The molecule has 1 saturated carbocycles. The summed E-state index contributed by atoms with van der Waals surface area (Å²) in [6.07, 6.45) is 15.1.